The van der Waals surface area contributed by atoms with Crippen LogP contribution >= 0.6 is 118 Å². The summed E-state index contributed by atoms with van der Waals surface area (Å²) in [6.45, 7) is 48.5. The highest BCUT2D eigenvalue weighted by Gasteiger charge is 2.31. The lowest BCUT2D eigenvalue weighted by Gasteiger charge is -2.35. The van der Waals surface area contributed by atoms with Gasteiger partial charge in [-0.15, -0.1) is 72.8 Å². The molecule has 6 aliphatic heterocycles. The fourth-order valence-electron chi connectivity index (χ4n) is 13.5. The lowest BCUT2D eigenvalue weighted by atomic mass is 10.1. The number of aromatic carboxylic acids is 6. The summed E-state index contributed by atoms with van der Waals surface area (Å²) >= 11 is 13.8. The second kappa shape index (κ2) is 76.5. The maximum atomic E-state index is 12.6. The number of carbonyl (C=O) groups is 7. The summed E-state index contributed by atoms with van der Waals surface area (Å²) < 4.78 is 71.7. The summed E-state index contributed by atoms with van der Waals surface area (Å²) in [5.41, 5.74) is 8.66. The third kappa shape index (κ3) is 62.6. The Labute approximate surface area is 880 Å². The van der Waals surface area contributed by atoms with Crippen molar-refractivity contribution in [2.45, 2.75) is 114 Å². The Morgan fingerprint density at radius 1 is 0.319 bits per heavy atom. The van der Waals surface area contributed by atoms with E-state index < -0.39 is 65.3 Å². The van der Waals surface area contributed by atoms with E-state index in [0.717, 1.165) is 212 Å². The third-order valence-electron chi connectivity index (χ3n) is 20.4. The summed E-state index contributed by atoms with van der Waals surface area (Å²) in [7, 11) is -9.84. The van der Waals surface area contributed by atoms with Crippen molar-refractivity contribution in [3.05, 3.63) is 212 Å². The van der Waals surface area contributed by atoms with Crippen molar-refractivity contribution in [3.8, 4) is 0 Å². The van der Waals surface area contributed by atoms with Crippen molar-refractivity contribution in [2.24, 2.45) is 0 Å². The zero-order valence-corrected chi connectivity index (χ0v) is 91.0. The minimum absolute atomic E-state index is 0. The van der Waals surface area contributed by atoms with Crippen LogP contribution in [0.15, 0.2) is 146 Å². The van der Waals surface area contributed by atoms with Gasteiger partial charge in [-0.2, -0.15) is 0 Å². The standard InChI is InChI=1S/C17H27N2O5P.C15H23N2O3P.3C12H16N2O2.C9H18N2O2.C8H7BrO2.C5H12ClO3P.C3H8ClOP.3CH4.4ClH/c1-3-23-25(22,24-4-2)14-19-11-9-18(10-12-19)13-15-5-7-16(8-6-15)17(20)21;1-21(2,20)12-17-9-7-16(8-10-17)11-13-3-5-14(6-4-13)15(18)19;3*15-12(16)11-3-1-10(2-4-11)9-14-7-5-13-6-8-14;1-9(2,3)13-8(12)11-6-4-10-5-7-11;9-5-6-1-3-7(4-2-6)8(10)11;1-3-8-10(7,5-6)9-4-2;1-6(2,5)3-4;;;;;;;/h5-8H,3-4,9-14H2,1-2H3,(H,20,21);3-6H,7-12H2,1-2H3,(H,18,19);3*1-4,13H,5-9H2,(H,15,16);10H,4-7H2,1-3H3;1-4H,5H2,(H,10,11);3-5H2,1-2H3;3H2,1-2H3;3*1H4;4*1H. The molecule has 6 aliphatic rings. The Hall–Kier alpha value is -6.05. The molecule has 141 heavy (non-hydrogen) atoms. The lowest BCUT2D eigenvalue weighted by molar-refractivity contribution is 0.0227. The number of halogens is 7. The van der Waals surface area contributed by atoms with E-state index in [4.69, 9.17) is 76.7 Å². The summed E-state index contributed by atoms with van der Waals surface area (Å²) in [6, 6.07) is 42.2. The maximum absolute atomic E-state index is 12.6. The predicted octanol–water partition coefficient (Wildman–Crippen LogP) is 18.1. The van der Waals surface area contributed by atoms with Crippen LogP contribution < -0.4 is 21.3 Å². The minimum Gasteiger partial charge on any atom is -0.478 e. The van der Waals surface area contributed by atoms with Crippen LogP contribution in [0.3, 0.4) is 0 Å². The monoisotopic (exact) mass is 2240 g/mol. The fourth-order valence-corrected chi connectivity index (χ4v) is 18.3. The van der Waals surface area contributed by atoms with Crippen LogP contribution in [0.1, 0.15) is 166 Å². The molecular weight excluding hydrogens is 2090 g/mol. The second-order valence-corrected chi connectivity index (χ2v) is 46.6. The molecule has 0 aliphatic carbocycles. The van der Waals surface area contributed by atoms with Gasteiger partial charge in [-0.3, -0.25) is 43.4 Å². The number of carboxylic acids is 6. The first-order chi connectivity index (χ1) is 63.5. The number of ether oxygens (including phenoxy) is 1. The largest absolute Gasteiger partial charge is 0.478 e. The summed E-state index contributed by atoms with van der Waals surface area (Å²) in [4.78, 5) is 93.5. The highest BCUT2D eigenvalue weighted by Crippen LogP contribution is 2.49. The van der Waals surface area contributed by atoms with Gasteiger partial charge in [0.1, 0.15) is 17.5 Å². The van der Waals surface area contributed by atoms with Gasteiger partial charge in [0.25, 0.3) is 0 Å². The van der Waals surface area contributed by atoms with E-state index in [1.807, 2.05) is 109 Å². The van der Waals surface area contributed by atoms with Crippen molar-refractivity contribution in [1.29, 1.82) is 0 Å². The van der Waals surface area contributed by atoms with E-state index in [2.05, 4.69) is 71.5 Å². The molecule has 0 bridgehead atoms. The summed E-state index contributed by atoms with van der Waals surface area (Å²) in [5, 5.41) is 66.5. The molecule has 6 fully saturated rings. The van der Waals surface area contributed by atoms with Crippen molar-refractivity contribution in [1.82, 2.24) is 60.5 Å². The van der Waals surface area contributed by atoms with Crippen LogP contribution in [0.4, 0.5) is 4.79 Å². The second-order valence-electron chi connectivity index (χ2n) is 33.8. The quantitative estimate of drug-likeness (QED) is 0.0143. The fraction of sp³-hybridized carbons (Fsp3) is 0.552. The lowest BCUT2D eigenvalue weighted by Crippen LogP contribution is -2.48. The molecule has 0 saturated carbocycles. The number of nitrogens with zero attached hydrogens (tertiary/aromatic N) is 8. The number of piperazine rings is 6. The van der Waals surface area contributed by atoms with Crippen LogP contribution in [-0.4, -0.2) is 351 Å². The Morgan fingerprint density at radius 3 is 0.709 bits per heavy atom. The van der Waals surface area contributed by atoms with E-state index >= 15 is 0 Å². The van der Waals surface area contributed by atoms with Gasteiger partial charge in [0.05, 0.1) is 86.0 Å². The third-order valence-corrected chi connectivity index (χ3v) is 28.9. The van der Waals surface area contributed by atoms with Gasteiger partial charge in [-0.05, 0) is 181 Å². The van der Waals surface area contributed by atoms with Gasteiger partial charge in [0, 0.05) is 195 Å². The van der Waals surface area contributed by atoms with Crippen LogP contribution in [0, 0.1) is 0 Å². The average Bonchev–Trinajstić information content (AvgIpc) is 0.859. The van der Waals surface area contributed by atoms with Gasteiger partial charge in [-0.1, -0.05) is 111 Å². The molecule has 6 heterocycles. The van der Waals surface area contributed by atoms with Crippen molar-refractivity contribution in [2.75, 3.05) is 234 Å². The molecule has 6 saturated heterocycles. The van der Waals surface area contributed by atoms with E-state index in [0.29, 0.717) is 78.0 Å². The molecule has 45 heteroatoms. The van der Waals surface area contributed by atoms with E-state index in [9.17, 15) is 51.8 Å². The molecule has 0 aromatic heterocycles. The van der Waals surface area contributed by atoms with Crippen molar-refractivity contribution < 1.29 is 105 Å². The van der Waals surface area contributed by atoms with Gasteiger partial charge in [0.2, 0.25) is 0 Å². The van der Waals surface area contributed by atoms with Crippen LogP contribution in [-0.2, 0) is 79.1 Å². The van der Waals surface area contributed by atoms with Gasteiger partial charge >= 0.3 is 57.1 Å². The average molecular weight is 2250 g/mol. The molecule has 0 unspecified atom stereocenters. The number of hydrogen-bond acceptors (Lipinski definition) is 27. The highest BCUT2D eigenvalue weighted by molar-refractivity contribution is 9.08. The Kier molecular flexibility index (Phi) is 76.6. The zero-order valence-electron chi connectivity index (χ0n) is 81.1. The molecule has 0 radical (unpaired) electrons. The topological polar surface area (TPSA) is 429 Å². The zero-order chi connectivity index (χ0) is 99.3. The number of hydrogen-bond donors (Lipinski definition) is 10. The van der Waals surface area contributed by atoms with Gasteiger partial charge < -0.3 is 88.8 Å². The van der Waals surface area contributed by atoms with Gasteiger partial charge in [-0.25, -0.2) is 33.6 Å². The number of benzene rings is 6. The normalized spacial score (nSPS) is 15.3. The first kappa shape index (κ1) is 141. The first-order valence-electron chi connectivity index (χ1n) is 44.9. The van der Waals surface area contributed by atoms with Crippen molar-refractivity contribution in [3.63, 3.8) is 0 Å². The number of alkyl halides is 3. The number of nitrogens with one attached hydrogen (secondary N) is 4. The molecule has 12 rings (SSSR count). The van der Waals surface area contributed by atoms with Crippen LogP contribution in [0.25, 0.3) is 0 Å². The molecule has 6 aromatic carbocycles. The van der Waals surface area contributed by atoms with E-state index in [-0.39, 0.29) is 89.2 Å². The van der Waals surface area contributed by atoms with E-state index in [1.54, 1.807) is 117 Å². The Morgan fingerprint density at radius 2 is 0.518 bits per heavy atom. The molecule has 0 spiro atoms. The molecule has 6 aromatic rings. The first-order valence-corrected chi connectivity index (χ1v) is 56.1. The van der Waals surface area contributed by atoms with Crippen molar-refractivity contribution >= 4 is 160 Å². The van der Waals surface area contributed by atoms with E-state index in [1.165, 1.54) is 16.7 Å². The molecule has 804 valence electrons. The Bertz CT molecular complexity index is 4440. The highest BCUT2D eigenvalue weighted by atomic mass is 79.9. The number of carbonyl (C=O) groups excluding carboxylic acids is 1. The maximum Gasteiger partial charge on any atom is 0.410 e. The smallest absolute Gasteiger partial charge is 0.410 e. The number of amides is 1. The Balaban J connectivity index is -0.000000759. The SMILES string of the molecule is C.C.C.CC(C)(C)OC(=O)N1CCNCC1.CCOP(=O)(CCl)OCC.CCOP(=O)(CN1CCN(Cc2ccc(C(=O)O)cc2)CC1)OCC.CP(C)(=O)CCl.CP(C)(=O)CN1CCN(Cc2ccc(C(=O)O)cc2)CC1.Cl.Cl.Cl.Cl.O=C(O)c1ccc(CBr)cc1.O=C(O)c1ccc(CN2CCNCC2)cc1.O=C(O)c1ccc(CN2CCNCC2)cc1.O=C(O)c1ccc(CN2CCNCC2)cc1. The molecule has 0 atom stereocenters. The molecule has 1 amide bonds. The summed E-state index contributed by atoms with van der Waals surface area (Å²) in [6.07, 6.45) is 0.832. The minimum atomic E-state index is -3.04. The number of rotatable bonds is 31. The van der Waals surface area contributed by atoms with Gasteiger partial charge in [0.15, 0.2) is 0 Å². The summed E-state index contributed by atoms with van der Waals surface area (Å²) in [5.74, 6) is -5.28. The van der Waals surface area contributed by atoms with Crippen LogP contribution in [0.5, 0.6) is 0 Å². The van der Waals surface area contributed by atoms with Crippen LogP contribution in [0.2, 0.25) is 0 Å². The number of carboxylic acid groups (broad SMARTS) is 6. The molecular formula is C96H159BrCl6N12O22P4. The molecule has 34 nitrogen and oxygen atoms in total. The molecule has 10 N–H and O–H groups in total. The predicted molar refractivity (Wildman–Crippen MR) is 583 cm³/mol.